The van der Waals surface area contributed by atoms with Gasteiger partial charge >= 0.3 is 12.0 Å². The average molecular weight is 485 g/mol. The third kappa shape index (κ3) is 5.82. The fraction of sp³-hybridized carbons (Fsp3) is 0.148. The molecule has 0 saturated carbocycles. The molecule has 182 valence electrons. The average Bonchev–Trinajstić information content (AvgIpc) is 2.85. The number of carbonyl (C=O) groups is 3. The molecule has 0 aliphatic heterocycles. The van der Waals surface area contributed by atoms with Crippen LogP contribution in [-0.2, 0) is 16.0 Å². The number of urea groups is 1. The number of rotatable bonds is 6. The lowest BCUT2D eigenvalue weighted by atomic mass is 10.0. The number of aryl methyl sites for hydroxylation is 2. The molecule has 0 unspecified atom stereocenters. The lowest BCUT2D eigenvalue weighted by Gasteiger charge is -2.11. The quantitative estimate of drug-likeness (QED) is 0.358. The zero-order valence-electron chi connectivity index (χ0n) is 19.8. The zero-order chi connectivity index (χ0) is 25.7. The van der Waals surface area contributed by atoms with E-state index in [4.69, 9.17) is 4.74 Å². The van der Waals surface area contributed by atoms with Crippen LogP contribution in [-0.4, -0.2) is 34.5 Å². The second-order valence-electron chi connectivity index (χ2n) is 8.26. The van der Waals surface area contributed by atoms with Crippen molar-refractivity contribution in [1.29, 1.82) is 0 Å². The molecule has 3 aromatic carbocycles. The maximum absolute atomic E-state index is 12.7. The predicted octanol–water partition coefficient (Wildman–Crippen LogP) is 3.64. The van der Waals surface area contributed by atoms with Crippen molar-refractivity contribution in [3.63, 3.8) is 0 Å². The van der Waals surface area contributed by atoms with Gasteiger partial charge in [-0.05, 0) is 49.2 Å². The predicted molar refractivity (Wildman–Crippen MR) is 135 cm³/mol. The van der Waals surface area contributed by atoms with Crippen LogP contribution in [0.4, 0.5) is 10.5 Å². The summed E-state index contributed by atoms with van der Waals surface area (Å²) >= 11 is 0. The first kappa shape index (κ1) is 24.3. The van der Waals surface area contributed by atoms with E-state index in [0.29, 0.717) is 28.0 Å². The second kappa shape index (κ2) is 10.6. The fourth-order valence-corrected chi connectivity index (χ4v) is 3.75. The van der Waals surface area contributed by atoms with Crippen LogP contribution in [0.2, 0.25) is 0 Å². The molecule has 4 aromatic rings. The number of benzene rings is 3. The number of hydrogen-bond donors (Lipinski definition) is 3. The van der Waals surface area contributed by atoms with Crippen molar-refractivity contribution in [3.05, 3.63) is 105 Å². The number of aromatic amines is 1. The number of esters is 1. The highest BCUT2D eigenvalue weighted by atomic mass is 16.5. The van der Waals surface area contributed by atoms with Crippen molar-refractivity contribution >= 4 is 34.5 Å². The van der Waals surface area contributed by atoms with Gasteiger partial charge in [0.05, 0.1) is 16.5 Å². The molecule has 4 rings (SSSR count). The van der Waals surface area contributed by atoms with Gasteiger partial charge in [0.2, 0.25) is 0 Å². The van der Waals surface area contributed by atoms with Gasteiger partial charge in [0.25, 0.3) is 11.5 Å². The molecule has 0 fully saturated rings. The number of fused-ring (bicyclic) bond motifs is 1. The van der Waals surface area contributed by atoms with Gasteiger partial charge in [-0.15, -0.1) is 0 Å². The minimum absolute atomic E-state index is 0.176. The summed E-state index contributed by atoms with van der Waals surface area (Å²) in [6.07, 6.45) is 0.176. The van der Waals surface area contributed by atoms with E-state index in [1.54, 1.807) is 54.6 Å². The van der Waals surface area contributed by atoms with E-state index in [0.717, 1.165) is 11.1 Å². The summed E-state index contributed by atoms with van der Waals surface area (Å²) in [5.74, 6) is -1.12. The van der Waals surface area contributed by atoms with Gasteiger partial charge in [0, 0.05) is 12.1 Å². The number of nitrogens with zero attached hydrogens (tertiary/aromatic N) is 1. The number of imide groups is 1. The third-order valence-electron chi connectivity index (χ3n) is 5.47. The highest BCUT2D eigenvalue weighted by Crippen LogP contribution is 2.16. The summed E-state index contributed by atoms with van der Waals surface area (Å²) in [5.41, 5.74) is 3.53. The SMILES string of the molecule is Cc1ccc(NC(=O)NC(=O)COC(=O)c2ccccc2Cc2nc3ccccc3c(=O)[nH]2)c(C)c1. The smallest absolute Gasteiger partial charge is 0.338 e. The van der Waals surface area contributed by atoms with Crippen molar-refractivity contribution in [2.24, 2.45) is 0 Å². The molecule has 1 aromatic heterocycles. The Morgan fingerprint density at radius 1 is 0.972 bits per heavy atom. The maximum Gasteiger partial charge on any atom is 0.338 e. The van der Waals surface area contributed by atoms with E-state index in [-0.39, 0.29) is 17.5 Å². The number of hydrogen-bond acceptors (Lipinski definition) is 6. The molecule has 36 heavy (non-hydrogen) atoms. The molecule has 0 spiro atoms. The van der Waals surface area contributed by atoms with Crippen molar-refractivity contribution in [1.82, 2.24) is 15.3 Å². The second-order valence-corrected chi connectivity index (χ2v) is 8.26. The van der Waals surface area contributed by atoms with Crippen LogP contribution in [0.25, 0.3) is 10.9 Å². The number of aromatic nitrogens is 2. The molecular weight excluding hydrogens is 460 g/mol. The Labute approximate surface area is 206 Å². The van der Waals surface area contributed by atoms with Crippen LogP contribution in [0.15, 0.2) is 71.5 Å². The first-order valence-corrected chi connectivity index (χ1v) is 11.2. The molecule has 9 nitrogen and oxygen atoms in total. The Hall–Kier alpha value is -4.79. The molecule has 1 heterocycles. The molecule has 0 radical (unpaired) electrons. The summed E-state index contributed by atoms with van der Waals surface area (Å²) in [6, 6.07) is 18.4. The summed E-state index contributed by atoms with van der Waals surface area (Å²) in [6.45, 7) is 3.13. The van der Waals surface area contributed by atoms with Crippen molar-refractivity contribution in [2.75, 3.05) is 11.9 Å². The molecule has 3 amide bonds. The summed E-state index contributed by atoms with van der Waals surface area (Å²) < 4.78 is 5.13. The van der Waals surface area contributed by atoms with Gasteiger partial charge < -0.3 is 15.0 Å². The Balaban J connectivity index is 1.38. The first-order chi connectivity index (χ1) is 17.3. The summed E-state index contributed by atoms with van der Waals surface area (Å²) in [7, 11) is 0. The number of para-hydroxylation sites is 1. The van der Waals surface area contributed by atoms with E-state index in [2.05, 4.69) is 20.6 Å². The van der Waals surface area contributed by atoms with Gasteiger partial charge in [-0.1, -0.05) is 48.0 Å². The van der Waals surface area contributed by atoms with Crippen molar-refractivity contribution in [3.8, 4) is 0 Å². The minimum Gasteiger partial charge on any atom is -0.452 e. The number of anilines is 1. The van der Waals surface area contributed by atoms with Crippen LogP contribution < -0.4 is 16.2 Å². The Kier molecular flexibility index (Phi) is 7.20. The lowest BCUT2D eigenvalue weighted by Crippen LogP contribution is -2.37. The van der Waals surface area contributed by atoms with E-state index < -0.39 is 24.5 Å². The molecule has 0 aliphatic carbocycles. The molecule has 0 saturated heterocycles. The van der Waals surface area contributed by atoms with Crippen LogP contribution in [0.3, 0.4) is 0 Å². The summed E-state index contributed by atoms with van der Waals surface area (Å²) in [4.78, 5) is 56.6. The minimum atomic E-state index is -0.774. The molecule has 0 atom stereocenters. The first-order valence-electron chi connectivity index (χ1n) is 11.2. The van der Waals surface area contributed by atoms with Gasteiger partial charge in [0.15, 0.2) is 6.61 Å². The third-order valence-corrected chi connectivity index (χ3v) is 5.47. The summed E-state index contributed by atoms with van der Waals surface area (Å²) in [5, 5.41) is 5.21. The topological polar surface area (TPSA) is 130 Å². The van der Waals surface area contributed by atoms with Crippen LogP contribution in [0, 0.1) is 13.8 Å². The fourth-order valence-electron chi connectivity index (χ4n) is 3.75. The van der Waals surface area contributed by atoms with E-state index in [1.165, 1.54) is 0 Å². The zero-order valence-corrected chi connectivity index (χ0v) is 19.8. The Bertz CT molecular complexity index is 1530. The van der Waals surface area contributed by atoms with Gasteiger partial charge in [-0.2, -0.15) is 0 Å². The number of carbonyl (C=O) groups excluding carboxylic acids is 3. The largest absolute Gasteiger partial charge is 0.452 e. The van der Waals surface area contributed by atoms with E-state index in [1.807, 2.05) is 26.0 Å². The van der Waals surface area contributed by atoms with Gasteiger partial charge in [-0.3, -0.25) is 14.9 Å². The van der Waals surface area contributed by atoms with Crippen LogP contribution >= 0.6 is 0 Å². The van der Waals surface area contributed by atoms with Gasteiger partial charge in [-0.25, -0.2) is 14.6 Å². The highest BCUT2D eigenvalue weighted by molar-refractivity contribution is 6.02. The molecule has 3 N–H and O–H groups in total. The Morgan fingerprint density at radius 2 is 1.72 bits per heavy atom. The molecule has 0 bridgehead atoms. The van der Waals surface area contributed by atoms with Gasteiger partial charge in [0.1, 0.15) is 5.82 Å². The van der Waals surface area contributed by atoms with E-state index in [9.17, 15) is 19.2 Å². The highest BCUT2D eigenvalue weighted by Gasteiger charge is 2.17. The number of ether oxygens (including phenoxy) is 1. The monoisotopic (exact) mass is 484 g/mol. The van der Waals surface area contributed by atoms with Crippen molar-refractivity contribution < 1.29 is 19.1 Å². The van der Waals surface area contributed by atoms with Crippen LogP contribution in [0.5, 0.6) is 0 Å². The molecule has 9 heteroatoms. The molecule has 0 aliphatic rings. The van der Waals surface area contributed by atoms with E-state index >= 15 is 0 Å². The maximum atomic E-state index is 12.7. The lowest BCUT2D eigenvalue weighted by molar-refractivity contribution is -0.123. The van der Waals surface area contributed by atoms with Crippen molar-refractivity contribution in [2.45, 2.75) is 20.3 Å². The standard InChI is InChI=1S/C27H24N4O5/c1-16-11-12-21(17(2)13-16)29-27(35)31-24(32)15-36-26(34)19-8-4-3-7-18(19)14-23-28-22-10-6-5-9-20(22)25(33)30-23/h3-13H,14-15H2,1-2H3,(H,28,30,33)(H2,29,31,32,35). The number of amides is 3. The molecular formula is C27H24N4O5. The number of nitrogens with one attached hydrogen (secondary N) is 3. The Morgan fingerprint density at radius 3 is 2.53 bits per heavy atom. The normalized spacial score (nSPS) is 10.6. The van der Waals surface area contributed by atoms with Crippen LogP contribution in [0.1, 0.15) is 32.9 Å². The number of H-pyrrole nitrogens is 1.